The van der Waals surface area contributed by atoms with Crippen LogP contribution in [0.25, 0.3) is 0 Å². The van der Waals surface area contributed by atoms with Crippen molar-refractivity contribution >= 4 is 11.8 Å². The molecule has 1 rings (SSSR count). The third kappa shape index (κ3) is 2.98. The number of nitrogens with one attached hydrogen (secondary N) is 2. The SMILES string of the molecule is CCNc1ncc(C(F)(F)F)c(NCC)n1. The number of anilines is 2. The van der Waals surface area contributed by atoms with E-state index in [1.54, 1.807) is 6.92 Å². The Morgan fingerprint density at radius 2 is 1.81 bits per heavy atom. The van der Waals surface area contributed by atoms with Gasteiger partial charge in [0.25, 0.3) is 0 Å². The first-order chi connectivity index (χ1) is 7.49. The molecule has 0 bridgehead atoms. The van der Waals surface area contributed by atoms with E-state index in [4.69, 9.17) is 0 Å². The summed E-state index contributed by atoms with van der Waals surface area (Å²) in [5.41, 5.74) is -0.851. The van der Waals surface area contributed by atoms with Crippen LogP contribution in [0.4, 0.5) is 24.9 Å². The smallest absolute Gasteiger partial charge is 0.370 e. The minimum Gasteiger partial charge on any atom is -0.370 e. The molecule has 0 aromatic carbocycles. The van der Waals surface area contributed by atoms with Crippen LogP contribution < -0.4 is 10.6 Å². The van der Waals surface area contributed by atoms with Crippen LogP contribution in [0, 0.1) is 0 Å². The van der Waals surface area contributed by atoms with Gasteiger partial charge in [0.1, 0.15) is 11.4 Å². The lowest BCUT2D eigenvalue weighted by Gasteiger charge is -2.13. The van der Waals surface area contributed by atoms with Crippen LogP contribution in [0.1, 0.15) is 19.4 Å². The molecular weight excluding hydrogens is 221 g/mol. The fourth-order valence-corrected chi connectivity index (χ4v) is 1.13. The number of hydrogen-bond acceptors (Lipinski definition) is 4. The maximum atomic E-state index is 12.5. The highest BCUT2D eigenvalue weighted by atomic mass is 19.4. The van der Waals surface area contributed by atoms with Gasteiger partial charge in [-0.15, -0.1) is 0 Å². The van der Waals surface area contributed by atoms with Crippen molar-refractivity contribution < 1.29 is 13.2 Å². The van der Waals surface area contributed by atoms with Crippen LogP contribution in [0.15, 0.2) is 6.20 Å². The van der Waals surface area contributed by atoms with Gasteiger partial charge in [0.05, 0.1) is 0 Å². The maximum absolute atomic E-state index is 12.5. The number of nitrogens with zero attached hydrogens (tertiary/aromatic N) is 2. The van der Waals surface area contributed by atoms with Gasteiger partial charge in [0.15, 0.2) is 0 Å². The first kappa shape index (κ1) is 12.5. The normalized spacial score (nSPS) is 11.3. The van der Waals surface area contributed by atoms with Gasteiger partial charge in [-0.2, -0.15) is 18.2 Å². The fourth-order valence-electron chi connectivity index (χ4n) is 1.13. The van der Waals surface area contributed by atoms with Crippen LogP contribution in [-0.2, 0) is 6.18 Å². The van der Waals surface area contributed by atoms with E-state index in [0.29, 0.717) is 13.1 Å². The third-order valence-electron chi connectivity index (χ3n) is 1.77. The summed E-state index contributed by atoms with van der Waals surface area (Å²) < 4.78 is 37.6. The zero-order valence-corrected chi connectivity index (χ0v) is 9.02. The van der Waals surface area contributed by atoms with Crippen molar-refractivity contribution in [2.45, 2.75) is 20.0 Å². The minimum atomic E-state index is -4.44. The lowest BCUT2D eigenvalue weighted by Crippen LogP contribution is -2.14. The zero-order valence-electron chi connectivity index (χ0n) is 9.02. The van der Waals surface area contributed by atoms with Crippen molar-refractivity contribution in [2.24, 2.45) is 0 Å². The van der Waals surface area contributed by atoms with Gasteiger partial charge in [-0.05, 0) is 13.8 Å². The van der Waals surface area contributed by atoms with Crippen molar-refractivity contribution in [3.05, 3.63) is 11.8 Å². The molecule has 0 fully saturated rings. The Labute approximate surface area is 91.3 Å². The van der Waals surface area contributed by atoms with Crippen molar-refractivity contribution in [2.75, 3.05) is 23.7 Å². The quantitative estimate of drug-likeness (QED) is 0.839. The number of alkyl halides is 3. The van der Waals surface area contributed by atoms with E-state index in [-0.39, 0.29) is 11.8 Å². The van der Waals surface area contributed by atoms with E-state index >= 15 is 0 Å². The molecule has 16 heavy (non-hydrogen) atoms. The molecule has 90 valence electrons. The molecule has 0 spiro atoms. The van der Waals surface area contributed by atoms with Crippen molar-refractivity contribution in [3.8, 4) is 0 Å². The molecule has 0 aliphatic heterocycles. The Bertz CT molecular complexity index is 351. The second kappa shape index (κ2) is 5.00. The summed E-state index contributed by atoms with van der Waals surface area (Å²) in [6, 6.07) is 0. The Balaban J connectivity index is 3.09. The number of halogens is 3. The highest BCUT2D eigenvalue weighted by Gasteiger charge is 2.35. The Hall–Kier alpha value is -1.53. The number of aromatic nitrogens is 2. The largest absolute Gasteiger partial charge is 0.421 e. The zero-order chi connectivity index (χ0) is 12.2. The van der Waals surface area contributed by atoms with Gasteiger partial charge < -0.3 is 10.6 Å². The summed E-state index contributed by atoms with van der Waals surface area (Å²) in [6.45, 7) is 4.44. The second-order valence-electron chi connectivity index (χ2n) is 3.01. The summed E-state index contributed by atoms with van der Waals surface area (Å²) in [5, 5.41) is 5.33. The highest BCUT2D eigenvalue weighted by Crippen LogP contribution is 2.33. The molecule has 0 aliphatic carbocycles. The molecule has 0 saturated carbocycles. The summed E-state index contributed by atoms with van der Waals surface area (Å²) in [7, 11) is 0. The molecular formula is C9H13F3N4. The molecule has 2 N–H and O–H groups in total. The summed E-state index contributed by atoms with van der Waals surface area (Å²) >= 11 is 0. The lowest BCUT2D eigenvalue weighted by atomic mass is 10.3. The van der Waals surface area contributed by atoms with Crippen molar-refractivity contribution in [3.63, 3.8) is 0 Å². The molecule has 1 aromatic heterocycles. The Morgan fingerprint density at radius 1 is 1.19 bits per heavy atom. The Kier molecular flexibility index (Phi) is 3.92. The molecule has 0 amide bonds. The molecule has 0 unspecified atom stereocenters. The Morgan fingerprint density at radius 3 is 2.31 bits per heavy atom. The molecule has 0 saturated heterocycles. The molecule has 0 atom stereocenters. The van der Waals surface area contributed by atoms with E-state index in [2.05, 4.69) is 20.6 Å². The van der Waals surface area contributed by atoms with Crippen LogP contribution >= 0.6 is 0 Å². The molecule has 7 heteroatoms. The van der Waals surface area contributed by atoms with E-state index in [9.17, 15) is 13.2 Å². The van der Waals surface area contributed by atoms with Crippen LogP contribution in [0.5, 0.6) is 0 Å². The van der Waals surface area contributed by atoms with Crippen molar-refractivity contribution in [1.29, 1.82) is 0 Å². The predicted molar refractivity (Wildman–Crippen MR) is 55.4 cm³/mol. The molecule has 1 heterocycles. The van der Waals surface area contributed by atoms with E-state index in [1.807, 2.05) is 6.92 Å². The lowest BCUT2D eigenvalue weighted by molar-refractivity contribution is -0.137. The molecule has 0 aliphatic rings. The third-order valence-corrected chi connectivity index (χ3v) is 1.77. The topological polar surface area (TPSA) is 49.8 Å². The molecule has 1 aromatic rings. The van der Waals surface area contributed by atoms with E-state index in [1.165, 1.54) is 0 Å². The first-order valence-electron chi connectivity index (χ1n) is 4.91. The first-order valence-corrected chi connectivity index (χ1v) is 4.91. The van der Waals surface area contributed by atoms with Gasteiger partial charge in [-0.1, -0.05) is 0 Å². The fraction of sp³-hybridized carbons (Fsp3) is 0.556. The van der Waals surface area contributed by atoms with Gasteiger partial charge in [0.2, 0.25) is 5.95 Å². The van der Waals surface area contributed by atoms with E-state index in [0.717, 1.165) is 6.20 Å². The van der Waals surface area contributed by atoms with Gasteiger partial charge in [-0.25, -0.2) is 4.98 Å². The average Bonchev–Trinajstić information content (AvgIpc) is 2.17. The average molecular weight is 234 g/mol. The monoisotopic (exact) mass is 234 g/mol. The van der Waals surface area contributed by atoms with E-state index < -0.39 is 11.7 Å². The summed E-state index contributed by atoms with van der Waals surface area (Å²) in [5.74, 6) is -0.00704. The predicted octanol–water partition coefficient (Wildman–Crippen LogP) is 2.36. The summed E-state index contributed by atoms with van der Waals surface area (Å²) in [6.07, 6.45) is -3.66. The maximum Gasteiger partial charge on any atom is 0.421 e. The van der Waals surface area contributed by atoms with Gasteiger partial charge in [0, 0.05) is 19.3 Å². The second-order valence-corrected chi connectivity index (χ2v) is 3.01. The molecule has 0 radical (unpaired) electrons. The standard InChI is InChI=1S/C9H13F3N4/c1-3-13-7-6(9(10,11)12)5-15-8(16-7)14-4-2/h5H,3-4H2,1-2H3,(H2,13,14,15,16). The van der Waals surface area contributed by atoms with Crippen LogP contribution in [0.2, 0.25) is 0 Å². The number of hydrogen-bond donors (Lipinski definition) is 2. The van der Waals surface area contributed by atoms with Crippen molar-refractivity contribution in [1.82, 2.24) is 9.97 Å². The minimum absolute atomic E-state index is 0.187. The summed E-state index contributed by atoms with van der Waals surface area (Å²) in [4.78, 5) is 7.36. The van der Waals surface area contributed by atoms with Gasteiger partial charge >= 0.3 is 6.18 Å². The number of rotatable bonds is 4. The highest BCUT2D eigenvalue weighted by molar-refractivity contribution is 5.48. The van der Waals surface area contributed by atoms with Crippen LogP contribution in [0.3, 0.4) is 0 Å². The molecule has 4 nitrogen and oxygen atoms in total. The van der Waals surface area contributed by atoms with Gasteiger partial charge in [-0.3, -0.25) is 0 Å². The van der Waals surface area contributed by atoms with Crippen LogP contribution in [-0.4, -0.2) is 23.1 Å².